The third kappa shape index (κ3) is 2.03. The lowest BCUT2D eigenvalue weighted by Gasteiger charge is -2.27. The van der Waals surface area contributed by atoms with Gasteiger partial charge in [-0.15, -0.1) is 0 Å². The van der Waals surface area contributed by atoms with E-state index in [1.807, 2.05) is 24.3 Å². The smallest absolute Gasteiger partial charge is 0.254 e. The Kier molecular flexibility index (Phi) is 3.08. The van der Waals surface area contributed by atoms with Gasteiger partial charge in [-0.05, 0) is 55.8 Å². The van der Waals surface area contributed by atoms with Gasteiger partial charge in [-0.25, -0.2) is 0 Å². The number of hydrogen-bond donors (Lipinski definition) is 1. The van der Waals surface area contributed by atoms with Crippen LogP contribution in [0.15, 0.2) is 24.3 Å². The first-order valence-corrected chi connectivity index (χ1v) is 6.88. The number of fused-ring (bicyclic) bond motifs is 2. The topological polar surface area (TPSA) is 46.3 Å². The molecule has 2 aliphatic rings. The molecule has 3 nitrogen and oxygen atoms in total. The highest BCUT2D eigenvalue weighted by molar-refractivity contribution is 5.94. The van der Waals surface area contributed by atoms with Crippen LogP contribution < -0.4 is 5.73 Å². The van der Waals surface area contributed by atoms with Gasteiger partial charge in [0.2, 0.25) is 0 Å². The molecular formula is C15H20N2O. The molecule has 1 aliphatic carbocycles. The van der Waals surface area contributed by atoms with E-state index in [-0.39, 0.29) is 5.91 Å². The summed E-state index contributed by atoms with van der Waals surface area (Å²) in [5.41, 5.74) is 7.55. The summed E-state index contributed by atoms with van der Waals surface area (Å²) in [6.45, 7) is 1.62. The fourth-order valence-electron chi connectivity index (χ4n) is 3.32. The molecular weight excluding hydrogens is 224 g/mol. The summed E-state index contributed by atoms with van der Waals surface area (Å²) in [6.07, 6.45) is 4.60. The van der Waals surface area contributed by atoms with E-state index in [9.17, 15) is 4.79 Å². The van der Waals surface area contributed by atoms with E-state index in [2.05, 4.69) is 4.90 Å². The number of piperidine rings is 1. The fourth-order valence-corrected chi connectivity index (χ4v) is 3.32. The van der Waals surface area contributed by atoms with Gasteiger partial charge in [0.05, 0.1) is 0 Å². The molecule has 2 fully saturated rings. The minimum absolute atomic E-state index is 0.210. The SMILES string of the molecule is NCCc1ccc(C(=O)N2CC3CCC2C3)cc1. The molecule has 1 aliphatic heterocycles. The average Bonchev–Trinajstić information content (AvgIpc) is 3.01. The number of hydrogen-bond acceptors (Lipinski definition) is 2. The highest BCUT2D eigenvalue weighted by Crippen LogP contribution is 2.38. The van der Waals surface area contributed by atoms with Gasteiger partial charge < -0.3 is 10.6 Å². The van der Waals surface area contributed by atoms with Crippen molar-refractivity contribution in [1.82, 2.24) is 4.90 Å². The molecule has 18 heavy (non-hydrogen) atoms. The Morgan fingerprint density at radius 2 is 2.06 bits per heavy atom. The number of amides is 1. The molecule has 0 radical (unpaired) electrons. The maximum atomic E-state index is 12.4. The lowest BCUT2D eigenvalue weighted by atomic mass is 10.1. The highest BCUT2D eigenvalue weighted by Gasteiger charge is 2.40. The first-order chi connectivity index (χ1) is 8.78. The number of benzene rings is 1. The molecule has 1 amide bonds. The Labute approximate surface area is 108 Å². The summed E-state index contributed by atoms with van der Waals surface area (Å²) in [4.78, 5) is 14.5. The Hall–Kier alpha value is -1.35. The molecule has 3 heteroatoms. The first kappa shape index (κ1) is 11.7. The van der Waals surface area contributed by atoms with Gasteiger partial charge in [-0.1, -0.05) is 12.1 Å². The number of carbonyl (C=O) groups is 1. The Bertz CT molecular complexity index is 440. The summed E-state index contributed by atoms with van der Waals surface area (Å²) < 4.78 is 0. The first-order valence-electron chi connectivity index (χ1n) is 6.88. The zero-order valence-corrected chi connectivity index (χ0v) is 10.6. The summed E-state index contributed by atoms with van der Waals surface area (Å²) in [6, 6.07) is 8.44. The van der Waals surface area contributed by atoms with Crippen LogP contribution in [0.25, 0.3) is 0 Å². The van der Waals surface area contributed by atoms with Crippen LogP contribution in [-0.2, 0) is 6.42 Å². The molecule has 1 heterocycles. The monoisotopic (exact) mass is 244 g/mol. The van der Waals surface area contributed by atoms with Gasteiger partial charge in [-0.3, -0.25) is 4.79 Å². The molecule has 2 N–H and O–H groups in total. The minimum Gasteiger partial charge on any atom is -0.335 e. The zero-order valence-electron chi connectivity index (χ0n) is 10.6. The number of carbonyl (C=O) groups excluding carboxylic acids is 1. The summed E-state index contributed by atoms with van der Waals surface area (Å²) in [7, 11) is 0. The van der Waals surface area contributed by atoms with E-state index in [4.69, 9.17) is 5.73 Å². The van der Waals surface area contributed by atoms with Crippen LogP contribution in [0.4, 0.5) is 0 Å². The molecule has 1 aromatic carbocycles. The number of likely N-dealkylation sites (tertiary alicyclic amines) is 1. The van der Waals surface area contributed by atoms with E-state index in [0.717, 1.165) is 24.4 Å². The Balaban J connectivity index is 1.72. The van der Waals surface area contributed by atoms with E-state index >= 15 is 0 Å². The van der Waals surface area contributed by atoms with Crippen molar-refractivity contribution in [2.75, 3.05) is 13.1 Å². The van der Waals surface area contributed by atoms with Gasteiger partial charge >= 0.3 is 0 Å². The Morgan fingerprint density at radius 1 is 1.28 bits per heavy atom. The van der Waals surface area contributed by atoms with Gasteiger partial charge in [0.15, 0.2) is 0 Å². The number of rotatable bonds is 3. The average molecular weight is 244 g/mol. The zero-order chi connectivity index (χ0) is 12.5. The van der Waals surface area contributed by atoms with Crippen LogP contribution in [0.1, 0.15) is 35.2 Å². The second-order valence-corrected chi connectivity index (χ2v) is 5.53. The van der Waals surface area contributed by atoms with Crippen molar-refractivity contribution in [2.24, 2.45) is 11.7 Å². The summed E-state index contributed by atoms with van der Waals surface area (Å²) in [5.74, 6) is 0.969. The minimum atomic E-state index is 0.210. The maximum Gasteiger partial charge on any atom is 0.254 e. The predicted octanol–water partition coefficient (Wildman–Crippen LogP) is 1.81. The quantitative estimate of drug-likeness (QED) is 0.881. The van der Waals surface area contributed by atoms with Crippen LogP contribution in [0.5, 0.6) is 0 Å². The van der Waals surface area contributed by atoms with E-state index in [1.165, 1.54) is 24.8 Å². The molecule has 0 aromatic heterocycles. The van der Waals surface area contributed by atoms with Gasteiger partial charge in [-0.2, -0.15) is 0 Å². The van der Waals surface area contributed by atoms with Crippen LogP contribution in [0, 0.1) is 5.92 Å². The summed E-state index contributed by atoms with van der Waals surface area (Å²) in [5, 5.41) is 0. The normalized spacial score (nSPS) is 25.7. The lowest BCUT2D eigenvalue weighted by molar-refractivity contribution is 0.0703. The second kappa shape index (κ2) is 4.73. The van der Waals surface area contributed by atoms with Crippen LogP contribution in [0.3, 0.4) is 0 Å². The molecule has 1 saturated heterocycles. The largest absolute Gasteiger partial charge is 0.335 e. The number of nitrogens with two attached hydrogens (primary N) is 1. The predicted molar refractivity (Wildman–Crippen MR) is 71.4 cm³/mol. The molecule has 3 rings (SSSR count). The summed E-state index contributed by atoms with van der Waals surface area (Å²) >= 11 is 0. The van der Waals surface area contributed by atoms with E-state index in [0.29, 0.717) is 12.6 Å². The van der Waals surface area contributed by atoms with Crippen molar-refractivity contribution in [2.45, 2.75) is 31.7 Å². The molecule has 2 atom stereocenters. The third-order valence-electron chi connectivity index (χ3n) is 4.30. The van der Waals surface area contributed by atoms with Crippen molar-refractivity contribution >= 4 is 5.91 Å². The number of nitrogens with zero attached hydrogens (tertiary/aromatic N) is 1. The Morgan fingerprint density at radius 3 is 2.61 bits per heavy atom. The molecule has 2 bridgehead atoms. The van der Waals surface area contributed by atoms with E-state index in [1.54, 1.807) is 0 Å². The second-order valence-electron chi connectivity index (χ2n) is 5.53. The van der Waals surface area contributed by atoms with Crippen LogP contribution in [-0.4, -0.2) is 29.9 Å². The molecule has 1 saturated carbocycles. The van der Waals surface area contributed by atoms with E-state index < -0.39 is 0 Å². The maximum absolute atomic E-state index is 12.4. The van der Waals surface area contributed by atoms with Crippen LogP contribution >= 0.6 is 0 Å². The van der Waals surface area contributed by atoms with Gasteiger partial charge in [0, 0.05) is 18.2 Å². The molecule has 1 aromatic rings. The fraction of sp³-hybridized carbons (Fsp3) is 0.533. The van der Waals surface area contributed by atoms with Crippen molar-refractivity contribution in [1.29, 1.82) is 0 Å². The van der Waals surface area contributed by atoms with Crippen molar-refractivity contribution in [3.05, 3.63) is 35.4 Å². The molecule has 96 valence electrons. The van der Waals surface area contributed by atoms with Gasteiger partial charge in [0.1, 0.15) is 0 Å². The van der Waals surface area contributed by atoms with Crippen molar-refractivity contribution < 1.29 is 4.79 Å². The van der Waals surface area contributed by atoms with Crippen molar-refractivity contribution in [3.8, 4) is 0 Å². The van der Waals surface area contributed by atoms with Crippen molar-refractivity contribution in [3.63, 3.8) is 0 Å². The van der Waals surface area contributed by atoms with Gasteiger partial charge in [0.25, 0.3) is 5.91 Å². The lowest BCUT2D eigenvalue weighted by Crippen LogP contribution is -2.37. The standard InChI is InChI=1S/C15H20N2O/c16-8-7-11-1-4-13(5-2-11)15(18)17-10-12-3-6-14(17)9-12/h1-2,4-5,12,14H,3,6-10,16H2. The van der Waals surface area contributed by atoms with Crippen LogP contribution in [0.2, 0.25) is 0 Å². The third-order valence-corrected chi connectivity index (χ3v) is 4.30. The molecule has 0 spiro atoms. The molecule has 2 unspecified atom stereocenters. The highest BCUT2D eigenvalue weighted by atomic mass is 16.2.